The van der Waals surface area contributed by atoms with Gasteiger partial charge in [0, 0.05) is 19.1 Å². The predicted octanol–water partition coefficient (Wildman–Crippen LogP) is 2.84. The third kappa shape index (κ3) is 4.64. The van der Waals surface area contributed by atoms with Gasteiger partial charge in [-0.1, -0.05) is 13.8 Å². The van der Waals surface area contributed by atoms with Gasteiger partial charge in [0.05, 0.1) is 5.92 Å². The van der Waals surface area contributed by atoms with Crippen LogP contribution in [0.4, 0.5) is 0 Å². The van der Waals surface area contributed by atoms with E-state index >= 15 is 0 Å². The van der Waals surface area contributed by atoms with Crippen molar-refractivity contribution >= 4 is 18.3 Å². The highest BCUT2D eigenvalue weighted by molar-refractivity contribution is 5.85. The highest BCUT2D eigenvalue weighted by atomic mass is 35.5. The van der Waals surface area contributed by atoms with Crippen LogP contribution in [0.1, 0.15) is 52.4 Å². The van der Waals surface area contributed by atoms with Crippen molar-refractivity contribution < 1.29 is 4.79 Å². The third-order valence-corrected chi connectivity index (χ3v) is 4.40. The molecule has 2 aliphatic rings. The first-order valence-corrected chi connectivity index (χ1v) is 7.69. The molecule has 0 aliphatic carbocycles. The Kier molecular flexibility index (Phi) is 7.16. The van der Waals surface area contributed by atoms with E-state index in [2.05, 4.69) is 24.1 Å². The van der Waals surface area contributed by atoms with Gasteiger partial charge in [0.1, 0.15) is 0 Å². The number of nitrogens with zero attached hydrogens (tertiary/aromatic N) is 1. The van der Waals surface area contributed by atoms with E-state index in [1.807, 2.05) is 0 Å². The molecule has 19 heavy (non-hydrogen) atoms. The van der Waals surface area contributed by atoms with Crippen molar-refractivity contribution in [2.75, 3.05) is 19.6 Å². The number of nitrogens with one attached hydrogen (secondary N) is 1. The number of halogens is 1. The zero-order valence-electron chi connectivity index (χ0n) is 12.4. The molecular weight excluding hydrogens is 260 g/mol. The summed E-state index contributed by atoms with van der Waals surface area (Å²) in [6.45, 7) is 7.46. The highest BCUT2D eigenvalue weighted by Gasteiger charge is 2.32. The minimum Gasteiger partial charge on any atom is -0.339 e. The molecule has 3 nitrogen and oxygen atoms in total. The first kappa shape index (κ1) is 16.8. The Bertz CT molecular complexity index is 277. The maximum absolute atomic E-state index is 12.5. The summed E-state index contributed by atoms with van der Waals surface area (Å²) < 4.78 is 0. The van der Waals surface area contributed by atoms with Crippen LogP contribution < -0.4 is 5.32 Å². The van der Waals surface area contributed by atoms with Gasteiger partial charge in [0.15, 0.2) is 0 Å². The van der Waals surface area contributed by atoms with Gasteiger partial charge >= 0.3 is 0 Å². The average Bonchev–Trinajstić information content (AvgIpc) is 2.89. The summed E-state index contributed by atoms with van der Waals surface area (Å²) in [7, 11) is 0. The van der Waals surface area contributed by atoms with Crippen molar-refractivity contribution in [2.45, 2.75) is 58.4 Å². The van der Waals surface area contributed by atoms with Crippen LogP contribution in [0.25, 0.3) is 0 Å². The van der Waals surface area contributed by atoms with E-state index in [0.29, 0.717) is 11.9 Å². The molecule has 0 aromatic rings. The van der Waals surface area contributed by atoms with Crippen LogP contribution in [0.5, 0.6) is 0 Å². The fourth-order valence-electron chi connectivity index (χ4n) is 3.22. The Morgan fingerprint density at radius 2 is 2.11 bits per heavy atom. The van der Waals surface area contributed by atoms with Crippen LogP contribution >= 0.6 is 12.4 Å². The Hall–Kier alpha value is -0.280. The SMILES string of the molecule is CC(C)CCC1CCCCN1C(=O)C1CCNC1.Cl. The lowest BCUT2D eigenvalue weighted by molar-refractivity contribution is -0.138. The van der Waals surface area contributed by atoms with Crippen molar-refractivity contribution in [2.24, 2.45) is 11.8 Å². The minimum atomic E-state index is 0. The smallest absolute Gasteiger partial charge is 0.227 e. The molecular formula is C15H29ClN2O. The maximum atomic E-state index is 12.5. The fourth-order valence-corrected chi connectivity index (χ4v) is 3.22. The van der Waals surface area contributed by atoms with Crippen LogP contribution in [0, 0.1) is 11.8 Å². The molecule has 0 saturated carbocycles. The average molecular weight is 289 g/mol. The van der Waals surface area contributed by atoms with Crippen LogP contribution in [0.3, 0.4) is 0 Å². The molecule has 2 aliphatic heterocycles. The summed E-state index contributed by atoms with van der Waals surface area (Å²) in [5.41, 5.74) is 0. The molecule has 0 radical (unpaired) electrons. The molecule has 0 bridgehead atoms. The molecule has 0 spiro atoms. The van der Waals surface area contributed by atoms with Gasteiger partial charge in [-0.05, 0) is 51.0 Å². The van der Waals surface area contributed by atoms with Gasteiger partial charge in [0.2, 0.25) is 5.91 Å². The molecule has 112 valence electrons. The van der Waals surface area contributed by atoms with Crippen LogP contribution in [-0.4, -0.2) is 36.5 Å². The predicted molar refractivity (Wildman–Crippen MR) is 81.6 cm³/mol. The Balaban J connectivity index is 0.00000180. The number of carbonyl (C=O) groups excluding carboxylic acids is 1. The lowest BCUT2D eigenvalue weighted by atomic mass is 9.93. The molecule has 4 heteroatoms. The summed E-state index contributed by atoms with van der Waals surface area (Å²) >= 11 is 0. The first-order chi connectivity index (χ1) is 8.68. The van der Waals surface area contributed by atoms with Gasteiger partial charge in [0.25, 0.3) is 0 Å². The second kappa shape index (κ2) is 8.11. The zero-order chi connectivity index (χ0) is 13.0. The highest BCUT2D eigenvalue weighted by Crippen LogP contribution is 2.25. The van der Waals surface area contributed by atoms with Crippen LogP contribution in [0.15, 0.2) is 0 Å². The largest absolute Gasteiger partial charge is 0.339 e. The quantitative estimate of drug-likeness (QED) is 0.863. The first-order valence-electron chi connectivity index (χ1n) is 7.69. The van der Waals surface area contributed by atoms with E-state index in [1.165, 1.54) is 32.1 Å². The second-order valence-corrected chi connectivity index (χ2v) is 6.34. The Morgan fingerprint density at radius 3 is 2.74 bits per heavy atom. The van der Waals surface area contributed by atoms with Crippen LogP contribution in [0.2, 0.25) is 0 Å². The molecule has 1 amide bonds. The molecule has 0 aromatic heterocycles. The lowest BCUT2D eigenvalue weighted by Crippen LogP contribution is -2.47. The van der Waals surface area contributed by atoms with Gasteiger partial charge < -0.3 is 10.2 Å². The monoisotopic (exact) mass is 288 g/mol. The van der Waals surface area contributed by atoms with Crippen molar-refractivity contribution in [1.29, 1.82) is 0 Å². The fraction of sp³-hybridized carbons (Fsp3) is 0.933. The molecule has 0 aromatic carbocycles. The topological polar surface area (TPSA) is 32.3 Å². The standard InChI is InChI=1S/C15H28N2O.ClH/c1-12(2)6-7-14-5-3-4-10-17(14)15(18)13-8-9-16-11-13;/h12-14,16H,3-11H2,1-2H3;1H. The third-order valence-electron chi connectivity index (χ3n) is 4.40. The summed E-state index contributed by atoms with van der Waals surface area (Å²) in [5, 5.41) is 3.31. The van der Waals surface area contributed by atoms with E-state index < -0.39 is 0 Å². The van der Waals surface area contributed by atoms with Gasteiger partial charge in [-0.15, -0.1) is 12.4 Å². The lowest BCUT2D eigenvalue weighted by Gasteiger charge is -2.37. The van der Waals surface area contributed by atoms with E-state index in [4.69, 9.17) is 0 Å². The van der Waals surface area contributed by atoms with Crippen molar-refractivity contribution in [3.8, 4) is 0 Å². The van der Waals surface area contributed by atoms with Crippen molar-refractivity contribution in [3.05, 3.63) is 0 Å². The number of carbonyl (C=O) groups is 1. The van der Waals surface area contributed by atoms with Gasteiger partial charge in [-0.2, -0.15) is 0 Å². The number of amides is 1. The van der Waals surface area contributed by atoms with Crippen LogP contribution in [-0.2, 0) is 4.79 Å². The van der Waals surface area contributed by atoms with E-state index in [0.717, 1.165) is 32.0 Å². The number of hydrogen-bond acceptors (Lipinski definition) is 2. The van der Waals surface area contributed by atoms with Crippen molar-refractivity contribution in [3.63, 3.8) is 0 Å². The van der Waals surface area contributed by atoms with E-state index in [9.17, 15) is 4.79 Å². The molecule has 2 heterocycles. The summed E-state index contributed by atoms with van der Waals surface area (Å²) in [5.74, 6) is 1.43. The molecule has 1 N–H and O–H groups in total. The zero-order valence-corrected chi connectivity index (χ0v) is 13.2. The molecule has 2 atom stereocenters. The number of likely N-dealkylation sites (tertiary alicyclic amines) is 1. The van der Waals surface area contributed by atoms with Gasteiger partial charge in [-0.25, -0.2) is 0 Å². The van der Waals surface area contributed by atoms with E-state index in [1.54, 1.807) is 0 Å². The Labute approximate surface area is 123 Å². The number of piperidine rings is 1. The van der Waals surface area contributed by atoms with Gasteiger partial charge in [-0.3, -0.25) is 4.79 Å². The second-order valence-electron chi connectivity index (χ2n) is 6.34. The molecule has 2 unspecified atom stereocenters. The Morgan fingerprint density at radius 1 is 1.32 bits per heavy atom. The summed E-state index contributed by atoms with van der Waals surface area (Å²) in [6, 6.07) is 0.522. The number of rotatable bonds is 4. The summed E-state index contributed by atoms with van der Waals surface area (Å²) in [6.07, 6.45) is 7.20. The molecule has 2 fully saturated rings. The number of hydrogen-bond donors (Lipinski definition) is 1. The summed E-state index contributed by atoms with van der Waals surface area (Å²) in [4.78, 5) is 14.8. The minimum absolute atomic E-state index is 0. The molecule has 2 saturated heterocycles. The van der Waals surface area contributed by atoms with E-state index in [-0.39, 0.29) is 18.3 Å². The maximum Gasteiger partial charge on any atom is 0.227 e. The van der Waals surface area contributed by atoms with Crippen molar-refractivity contribution in [1.82, 2.24) is 10.2 Å². The normalized spacial score (nSPS) is 27.4. The molecule has 2 rings (SSSR count).